The van der Waals surface area contributed by atoms with Crippen LogP contribution in [0.2, 0.25) is 0 Å². The van der Waals surface area contributed by atoms with Gasteiger partial charge in [-0.25, -0.2) is 4.79 Å². The molecule has 0 aliphatic heterocycles. The molecule has 1 aliphatic rings. The van der Waals surface area contributed by atoms with E-state index in [1.165, 1.54) is 0 Å². The molecule has 0 aromatic carbocycles. The van der Waals surface area contributed by atoms with Crippen LogP contribution < -0.4 is 0 Å². The van der Waals surface area contributed by atoms with Crippen LogP contribution in [0.5, 0.6) is 0 Å². The van der Waals surface area contributed by atoms with Crippen LogP contribution in [0.25, 0.3) is 0 Å². The number of hydrogen-bond donors (Lipinski definition) is 1. The van der Waals surface area contributed by atoms with E-state index in [4.69, 9.17) is 5.11 Å². The van der Waals surface area contributed by atoms with Crippen molar-refractivity contribution < 1.29 is 14.7 Å². The Morgan fingerprint density at radius 1 is 1.21 bits per heavy atom. The van der Waals surface area contributed by atoms with Gasteiger partial charge in [-0.05, 0) is 19.3 Å². The summed E-state index contributed by atoms with van der Waals surface area (Å²) in [7, 11) is 1.77. The summed E-state index contributed by atoms with van der Waals surface area (Å²) in [5, 5.41) is 8.98. The van der Waals surface area contributed by atoms with Crippen molar-refractivity contribution in [3.05, 3.63) is 0 Å². The molecule has 1 N–H and O–H groups in total. The number of hydrogen-bond acceptors (Lipinski definition) is 2. The second kappa shape index (κ2) is 8.02. The average molecular weight is 270 g/mol. The smallest absolute Gasteiger partial charge is 0.323 e. The standard InChI is InChI=1S/C14H26N2O3/c1-3-4-7-10-15(2)14(19)16(11-13(17)18)12-8-5-6-9-12/h12H,3-11H2,1-2H3,(H,17,18). The molecule has 1 fully saturated rings. The summed E-state index contributed by atoms with van der Waals surface area (Å²) in [4.78, 5) is 26.5. The van der Waals surface area contributed by atoms with Crippen LogP contribution in [0.1, 0.15) is 51.9 Å². The molecule has 0 saturated heterocycles. The minimum atomic E-state index is -0.929. The second-order valence-corrected chi connectivity index (χ2v) is 5.37. The summed E-state index contributed by atoms with van der Waals surface area (Å²) in [5.74, 6) is -0.929. The van der Waals surface area contributed by atoms with Crippen LogP contribution >= 0.6 is 0 Å². The number of aliphatic carboxylic acids is 1. The fourth-order valence-corrected chi connectivity index (χ4v) is 2.63. The van der Waals surface area contributed by atoms with Gasteiger partial charge in [0.15, 0.2) is 0 Å². The third-order valence-electron chi connectivity index (χ3n) is 3.74. The monoisotopic (exact) mass is 270 g/mol. The van der Waals surface area contributed by atoms with Crippen LogP contribution in [-0.4, -0.2) is 53.1 Å². The fraction of sp³-hybridized carbons (Fsp3) is 0.857. The zero-order chi connectivity index (χ0) is 14.3. The molecule has 1 aliphatic carbocycles. The Kier molecular flexibility index (Phi) is 6.67. The number of rotatable bonds is 7. The molecule has 5 nitrogen and oxygen atoms in total. The van der Waals surface area contributed by atoms with E-state index in [2.05, 4.69) is 6.92 Å². The van der Waals surface area contributed by atoms with Crippen molar-refractivity contribution in [2.24, 2.45) is 0 Å². The topological polar surface area (TPSA) is 60.9 Å². The first-order valence-corrected chi connectivity index (χ1v) is 7.29. The Labute approximate surface area is 115 Å². The maximum absolute atomic E-state index is 12.3. The molecule has 5 heteroatoms. The first-order chi connectivity index (χ1) is 9.06. The van der Waals surface area contributed by atoms with Crippen molar-refractivity contribution in [3.8, 4) is 0 Å². The lowest BCUT2D eigenvalue weighted by Crippen LogP contribution is -2.48. The Morgan fingerprint density at radius 2 is 1.84 bits per heavy atom. The van der Waals surface area contributed by atoms with Gasteiger partial charge in [0.2, 0.25) is 0 Å². The summed E-state index contributed by atoms with van der Waals surface area (Å²) in [6, 6.07) is -0.0253. The molecular formula is C14H26N2O3. The molecule has 0 radical (unpaired) electrons. The van der Waals surface area contributed by atoms with E-state index in [1.54, 1.807) is 16.8 Å². The second-order valence-electron chi connectivity index (χ2n) is 5.37. The zero-order valence-electron chi connectivity index (χ0n) is 12.1. The van der Waals surface area contributed by atoms with Gasteiger partial charge in [-0.3, -0.25) is 4.79 Å². The third-order valence-corrected chi connectivity index (χ3v) is 3.74. The summed E-state index contributed by atoms with van der Waals surface area (Å²) in [6.45, 7) is 2.65. The zero-order valence-corrected chi connectivity index (χ0v) is 12.1. The van der Waals surface area contributed by atoms with Crippen LogP contribution in [0.3, 0.4) is 0 Å². The number of carbonyl (C=O) groups is 2. The molecule has 2 amide bonds. The predicted molar refractivity (Wildman–Crippen MR) is 74.1 cm³/mol. The molecule has 110 valence electrons. The van der Waals surface area contributed by atoms with Crippen molar-refractivity contribution >= 4 is 12.0 Å². The molecule has 0 unspecified atom stereocenters. The molecule has 0 spiro atoms. The molecular weight excluding hydrogens is 244 g/mol. The Bertz CT molecular complexity index is 301. The van der Waals surface area contributed by atoms with Gasteiger partial charge in [-0.2, -0.15) is 0 Å². The molecule has 0 heterocycles. The highest BCUT2D eigenvalue weighted by Crippen LogP contribution is 2.24. The largest absolute Gasteiger partial charge is 0.480 e. The van der Waals surface area contributed by atoms with Gasteiger partial charge in [0.25, 0.3) is 0 Å². The molecule has 1 rings (SSSR count). The number of carboxylic acids is 1. The van der Waals surface area contributed by atoms with E-state index in [1.807, 2.05) is 0 Å². The van der Waals surface area contributed by atoms with Gasteiger partial charge < -0.3 is 14.9 Å². The number of carbonyl (C=O) groups excluding carboxylic acids is 1. The van der Waals surface area contributed by atoms with E-state index in [0.29, 0.717) is 6.54 Å². The van der Waals surface area contributed by atoms with Crippen LogP contribution in [0.15, 0.2) is 0 Å². The summed E-state index contributed by atoms with van der Waals surface area (Å²) >= 11 is 0. The highest BCUT2D eigenvalue weighted by atomic mass is 16.4. The number of unbranched alkanes of at least 4 members (excludes halogenated alkanes) is 2. The van der Waals surface area contributed by atoms with Crippen molar-refractivity contribution in [1.82, 2.24) is 9.80 Å². The lowest BCUT2D eigenvalue weighted by atomic mass is 10.2. The Balaban J connectivity index is 2.56. The molecule has 0 aromatic heterocycles. The fourth-order valence-electron chi connectivity index (χ4n) is 2.63. The Morgan fingerprint density at radius 3 is 2.37 bits per heavy atom. The molecule has 19 heavy (non-hydrogen) atoms. The number of nitrogens with zero attached hydrogens (tertiary/aromatic N) is 2. The van der Waals surface area contributed by atoms with Crippen LogP contribution in [0, 0.1) is 0 Å². The summed E-state index contributed by atoms with van der Waals surface area (Å²) < 4.78 is 0. The van der Waals surface area contributed by atoms with E-state index < -0.39 is 5.97 Å². The van der Waals surface area contributed by atoms with Gasteiger partial charge in [-0.1, -0.05) is 32.6 Å². The SMILES string of the molecule is CCCCCN(C)C(=O)N(CC(=O)O)C1CCCC1. The van der Waals surface area contributed by atoms with Crippen molar-refractivity contribution in [2.75, 3.05) is 20.1 Å². The van der Waals surface area contributed by atoms with Gasteiger partial charge in [0, 0.05) is 19.6 Å². The van der Waals surface area contributed by atoms with E-state index in [-0.39, 0.29) is 18.6 Å². The van der Waals surface area contributed by atoms with E-state index in [0.717, 1.165) is 44.9 Å². The molecule has 1 saturated carbocycles. The normalized spacial score (nSPS) is 15.5. The minimum Gasteiger partial charge on any atom is -0.480 e. The number of amides is 2. The predicted octanol–water partition coefficient (Wildman–Crippen LogP) is 2.56. The van der Waals surface area contributed by atoms with Crippen molar-refractivity contribution in [2.45, 2.75) is 57.9 Å². The maximum atomic E-state index is 12.3. The highest BCUT2D eigenvalue weighted by Gasteiger charge is 2.29. The van der Waals surface area contributed by atoms with Gasteiger partial charge in [0.05, 0.1) is 0 Å². The first kappa shape index (κ1) is 15.8. The first-order valence-electron chi connectivity index (χ1n) is 7.29. The van der Waals surface area contributed by atoms with E-state index in [9.17, 15) is 9.59 Å². The van der Waals surface area contributed by atoms with E-state index >= 15 is 0 Å². The lowest BCUT2D eigenvalue weighted by molar-refractivity contribution is -0.138. The van der Waals surface area contributed by atoms with Gasteiger partial charge in [-0.15, -0.1) is 0 Å². The molecule has 0 bridgehead atoms. The maximum Gasteiger partial charge on any atom is 0.323 e. The van der Waals surface area contributed by atoms with Crippen LogP contribution in [0.4, 0.5) is 4.79 Å². The van der Waals surface area contributed by atoms with Crippen molar-refractivity contribution in [3.63, 3.8) is 0 Å². The quantitative estimate of drug-likeness (QED) is 0.723. The number of carboxylic acid groups (broad SMARTS) is 1. The highest BCUT2D eigenvalue weighted by molar-refractivity contribution is 5.80. The average Bonchev–Trinajstić information content (AvgIpc) is 2.88. The third kappa shape index (κ3) is 5.09. The summed E-state index contributed by atoms with van der Waals surface area (Å²) in [6.07, 6.45) is 7.23. The lowest BCUT2D eigenvalue weighted by Gasteiger charge is -2.31. The molecule has 0 atom stereocenters. The molecule has 0 aromatic rings. The Hall–Kier alpha value is -1.26. The summed E-state index contributed by atoms with van der Waals surface area (Å²) in [5.41, 5.74) is 0. The van der Waals surface area contributed by atoms with Gasteiger partial charge in [0.1, 0.15) is 6.54 Å². The van der Waals surface area contributed by atoms with Gasteiger partial charge >= 0.3 is 12.0 Å². The minimum absolute atomic E-state index is 0.109. The van der Waals surface area contributed by atoms with Crippen LogP contribution in [-0.2, 0) is 4.79 Å². The van der Waals surface area contributed by atoms with Crippen molar-refractivity contribution in [1.29, 1.82) is 0 Å². The number of urea groups is 1.